The highest BCUT2D eigenvalue weighted by Crippen LogP contribution is 2.33. The Bertz CT molecular complexity index is 690. The summed E-state index contributed by atoms with van der Waals surface area (Å²) in [6.45, 7) is 3.44. The van der Waals surface area contributed by atoms with Crippen LogP contribution in [0.1, 0.15) is 11.3 Å². The van der Waals surface area contributed by atoms with Crippen molar-refractivity contribution in [3.05, 3.63) is 44.0 Å². The molecule has 8 heteroatoms. The fourth-order valence-corrected chi connectivity index (χ4v) is 2.13. The lowest BCUT2D eigenvalue weighted by molar-refractivity contribution is -0.385. The Morgan fingerprint density at radius 2 is 2.05 bits per heavy atom. The Kier molecular flexibility index (Phi) is 3.84. The number of nitrogen functional groups attached to an aromatic ring is 1. The van der Waals surface area contributed by atoms with Crippen LogP contribution in [0.25, 0.3) is 0 Å². The molecule has 2 aromatic rings. The van der Waals surface area contributed by atoms with Gasteiger partial charge in [-0.2, -0.15) is 4.98 Å². The van der Waals surface area contributed by atoms with Crippen LogP contribution in [0.4, 0.5) is 23.1 Å². The van der Waals surface area contributed by atoms with E-state index in [1.54, 1.807) is 6.07 Å². The quantitative estimate of drug-likeness (QED) is 0.658. The van der Waals surface area contributed by atoms with E-state index in [4.69, 9.17) is 5.73 Å². The van der Waals surface area contributed by atoms with Crippen LogP contribution in [0, 0.1) is 24.0 Å². The van der Waals surface area contributed by atoms with Crippen LogP contribution in [-0.4, -0.2) is 14.9 Å². The highest BCUT2D eigenvalue weighted by atomic mass is 79.9. The molecule has 0 aliphatic heterocycles. The topological polar surface area (TPSA) is 107 Å². The predicted molar refractivity (Wildman–Crippen MR) is 80.0 cm³/mol. The van der Waals surface area contributed by atoms with E-state index in [0.29, 0.717) is 5.69 Å². The number of rotatable bonds is 3. The summed E-state index contributed by atoms with van der Waals surface area (Å²) in [5.74, 6) is 0.0608. The maximum atomic E-state index is 11.1. The Morgan fingerprint density at radius 1 is 1.35 bits per heavy atom. The molecule has 0 radical (unpaired) electrons. The number of halogens is 1. The lowest BCUT2D eigenvalue weighted by Gasteiger charge is -2.11. The van der Waals surface area contributed by atoms with E-state index in [1.165, 1.54) is 6.92 Å². The monoisotopic (exact) mass is 337 g/mol. The molecule has 0 aliphatic rings. The maximum Gasteiger partial charge on any atom is 0.332 e. The highest BCUT2D eigenvalue weighted by Gasteiger charge is 2.22. The predicted octanol–water partition coefficient (Wildman–Crippen LogP) is 3.09. The summed E-state index contributed by atoms with van der Waals surface area (Å²) in [4.78, 5) is 18.3. The average molecular weight is 338 g/mol. The summed E-state index contributed by atoms with van der Waals surface area (Å²) in [6.07, 6.45) is 0. The number of nitrogens with two attached hydrogens (primary N) is 1. The third-order valence-electron chi connectivity index (χ3n) is 2.70. The van der Waals surface area contributed by atoms with E-state index in [9.17, 15) is 10.1 Å². The Labute approximate surface area is 123 Å². The van der Waals surface area contributed by atoms with Gasteiger partial charge in [-0.05, 0) is 41.4 Å². The maximum absolute atomic E-state index is 11.1. The molecular weight excluding hydrogens is 326 g/mol. The van der Waals surface area contributed by atoms with Crippen LogP contribution in [0.15, 0.2) is 22.7 Å². The standard InChI is InChI=1S/C12H12BrN5O2/c1-6-4-3-5-8(9(6)13)16-11-10(18(19)20)7(2)15-12(14)17-11/h3-5H,1-2H3,(H3,14,15,16,17). The molecule has 0 saturated heterocycles. The van der Waals surface area contributed by atoms with E-state index < -0.39 is 4.92 Å². The molecule has 0 atom stereocenters. The molecule has 1 aromatic heterocycles. The number of nitrogens with one attached hydrogen (secondary N) is 1. The van der Waals surface area contributed by atoms with Crippen molar-refractivity contribution in [1.82, 2.24) is 9.97 Å². The first kappa shape index (κ1) is 14.2. The van der Waals surface area contributed by atoms with Crippen LogP contribution in [0.3, 0.4) is 0 Å². The number of aromatic nitrogens is 2. The number of hydrogen-bond donors (Lipinski definition) is 2. The third-order valence-corrected chi connectivity index (χ3v) is 3.76. The Balaban J connectivity index is 2.53. The van der Waals surface area contributed by atoms with Gasteiger partial charge >= 0.3 is 5.69 Å². The molecule has 0 saturated carbocycles. The second kappa shape index (κ2) is 5.41. The zero-order chi connectivity index (χ0) is 14.9. The normalized spacial score (nSPS) is 10.3. The van der Waals surface area contributed by atoms with Crippen LogP contribution in [0.2, 0.25) is 0 Å². The van der Waals surface area contributed by atoms with Crippen LogP contribution >= 0.6 is 15.9 Å². The van der Waals surface area contributed by atoms with Crippen molar-refractivity contribution in [3.8, 4) is 0 Å². The zero-order valence-corrected chi connectivity index (χ0v) is 12.4. The van der Waals surface area contributed by atoms with Crippen molar-refractivity contribution >= 4 is 39.1 Å². The summed E-state index contributed by atoms with van der Waals surface area (Å²) < 4.78 is 0.809. The number of benzene rings is 1. The van der Waals surface area contributed by atoms with Crippen LogP contribution in [0.5, 0.6) is 0 Å². The minimum absolute atomic E-state index is 0.0145. The van der Waals surface area contributed by atoms with Gasteiger partial charge in [-0.3, -0.25) is 10.1 Å². The van der Waals surface area contributed by atoms with E-state index in [-0.39, 0.29) is 23.1 Å². The van der Waals surface area contributed by atoms with E-state index in [0.717, 1.165) is 10.0 Å². The van der Waals surface area contributed by atoms with Gasteiger partial charge in [0.15, 0.2) is 0 Å². The molecule has 1 heterocycles. The van der Waals surface area contributed by atoms with Gasteiger partial charge in [0.25, 0.3) is 0 Å². The van der Waals surface area contributed by atoms with Crippen molar-refractivity contribution in [2.24, 2.45) is 0 Å². The molecule has 104 valence electrons. The molecule has 0 unspecified atom stereocenters. The molecular formula is C12H12BrN5O2. The van der Waals surface area contributed by atoms with Gasteiger partial charge in [0.05, 0.1) is 10.6 Å². The Hall–Kier alpha value is -2.22. The molecule has 3 N–H and O–H groups in total. The fourth-order valence-electron chi connectivity index (χ4n) is 1.77. The zero-order valence-electron chi connectivity index (χ0n) is 10.8. The van der Waals surface area contributed by atoms with Crippen molar-refractivity contribution in [1.29, 1.82) is 0 Å². The molecule has 0 fully saturated rings. The first-order valence-electron chi connectivity index (χ1n) is 5.70. The van der Waals surface area contributed by atoms with Gasteiger partial charge in [0, 0.05) is 4.47 Å². The van der Waals surface area contributed by atoms with Gasteiger partial charge in [-0.1, -0.05) is 12.1 Å². The first-order chi connectivity index (χ1) is 9.40. The number of nitrogens with zero attached hydrogens (tertiary/aromatic N) is 3. The molecule has 2 rings (SSSR count). The number of aryl methyl sites for hydroxylation is 2. The van der Waals surface area contributed by atoms with Crippen molar-refractivity contribution in [3.63, 3.8) is 0 Å². The van der Waals surface area contributed by atoms with Crippen LogP contribution < -0.4 is 11.1 Å². The summed E-state index contributed by atoms with van der Waals surface area (Å²) >= 11 is 3.43. The minimum atomic E-state index is -0.527. The van der Waals surface area contributed by atoms with Crippen molar-refractivity contribution in [2.45, 2.75) is 13.8 Å². The van der Waals surface area contributed by atoms with Crippen molar-refractivity contribution < 1.29 is 4.92 Å². The van der Waals surface area contributed by atoms with Crippen molar-refractivity contribution in [2.75, 3.05) is 11.1 Å². The second-order valence-electron chi connectivity index (χ2n) is 4.18. The summed E-state index contributed by atoms with van der Waals surface area (Å²) in [5, 5.41) is 14.1. The lowest BCUT2D eigenvalue weighted by atomic mass is 10.2. The third kappa shape index (κ3) is 2.69. The van der Waals surface area contributed by atoms with Gasteiger partial charge in [-0.15, -0.1) is 0 Å². The van der Waals surface area contributed by atoms with E-state index in [1.807, 2.05) is 19.1 Å². The molecule has 0 amide bonds. The molecule has 0 bridgehead atoms. The second-order valence-corrected chi connectivity index (χ2v) is 4.98. The van der Waals surface area contributed by atoms with E-state index >= 15 is 0 Å². The largest absolute Gasteiger partial charge is 0.368 e. The van der Waals surface area contributed by atoms with Gasteiger partial charge < -0.3 is 11.1 Å². The van der Waals surface area contributed by atoms with Gasteiger partial charge in [0.2, 0.25) is 11.8 Å². The molecule has 7 nitrogen and oxygen atoms in total. The Morgan fingerprint density at radius 3 is 2.70 bits per heavy atom. The number of anilines is 3. The fraction of sp³-hybridized carbons (Fsp3) is 0.167. The molecule has 1 aromatic carbocycles. The SMILES string of the molecule is Cc1cccc(Nc2nc(N)nc(C)c2[N+](=O)[O-])c1Br. The summed E-state index contributed by atoms with van der Waals surface area (Å²) in [5.41, 5.74) is 7.25. The van der Waals surface area contributed by atoms with E-state index in [2.05, 4.69) is 31.2 Å². The number of nitro groups is 1. The first-order valence-corrected chi connectivity index (χ1v) is 6.50. The average Bonchev–Trinajstić information content (AvgIpc) is 2.33. The minimum Gasteiger partial charge on any atom is -0.368 e. The van der Waals surface area contributed by atoms with Gasteiger partial charge in [-0.25, -0.2) is 4.98 Å². The van der Waals surface area contributed by atoms with Gasteiger partial charge in [0.1, 0.15) is 5.69 Å². The molecule has 0 aliphatic carbocycles. The smallest absolute Gasteiger partial charge is 0.332 e. The summed E-state index contributed by atoms with van der Waals surface area (Å²) in [7, 11) is 0. The highest BCUT2D eigenvalue weighted by molar-refractivity contribution is 9.10. The molecule has 0 spiro atoms. The summed E-state index contributed by atoms with van der Waals surface area (Å²) in [6, 6.07) is 5.55. The lowest BCUT2D eigenvalue weighted by Crippen LogP contribution is -2.07. The number of hydrogen-bond acceptors (Lipinski definition) is 6. The molecule has 20 heavy (non-hydrogen) atoms. The van der Waals surface area contributed by atoms with Crippen LogP contribution in [-0.2, 0) is 0 Å².